The van der Waals surface area contributed by atoms with E-state index in [1.807, 2.05) is 43.3 Å². The van der Waals surface area contributed by atoms with E-state index in [-0.39, 0.29) is 25.4 Å². The smallest absolute Gasteiger partial charge is 0.344 e. The van der Waals surface area contributed by atoms with Gasteiger partial charge >= 0.3 is 11.9 Å². The fourth-order valence-corrected chi connectivity index (χ4v) is 6.96. The van der Waals surface area contributed by atoms with Crippen LogP contribution >= 0.6 is 49.9 Å². The Hall–Kier alpha value is -2.77. The Morgan fingerprint density at radius 2 is 1.82 bits per heavy atom. The second kappa shape index (κ2) is 12.6. The van der Waals surface area contributed by atoms with Crippen molar-refractivity contribution in [1.82, 2.24) is 4.57 Å². The van der Waals surface area contributed by atoms with Gasteiger partial charge in [0.1, 0.15) is 5.75 Å². The number of allylic oxidation sites excluding steroid dienone is 1. The largest absolute Gasteiger partial charge is 0.480 e. The van der Waals surface area contributed by atoms with Gasteiger partial charge in [-0.1, -0.05) is 41.2 Å². The lowest BCUT2D eigenvalue weighted by atomic mass is 9.95. The van der Waals surface area contributed by atoms with E-state index < -0.39 is 18.0 Å². The Morgan fingerprint density at radius 1 is 1.13 bits per heavy atom. The number of hydrogen-bond acceptors (Lipinski definition) is 8. The van der Waals surface area contributed by atoms with Crippen LogP contribution in [0.4, 0.5) is 0 Å². The van der Waals surface area contributed by atoms with Gasteiger partial charge in [-0.3, -0.25) is 9.36 Å². The molecule has 1 aliphatic rings. The molecule has 0 unspecified atom stereocenters. The highest BCUT2D eigenvalue weighted by molar-refractivity contribution is 14.1. The van der Waals surface area contributed by atoms with Crippen molar-refractivity contribution in [1.29, 1.82) is 0 Å². The molecule has 0 radical (unpaired) electrons. The van der Waals surface area contributed by atoms with Crippen LogP contribution in [0.2, 0.25) is 0 Å². The predicted molar refractivity (Wildman–Crippen MR) is 161 cm³/mol. The van der Waals surface area contributed by atoms with Crippen molar-refractivity contribution < 1.29 is 23.8 Å². The molecule has 3 aromatic rings. The molecule has 1 aliphatic heterocycles. The first-order valence-corrected chi connectivity index (χ1v) is 14.9. The van der Waals surface area contributed by atoms with Crippen LogP contribution in [0, 0.1) is 10.5 Å². The summed E-state index contributed by atoms with van der Waals surface area (Å²) in [5, 5.41) is 0. The predicted octanol–water partition coefficient (Wildman–Crippen LogP) is 4.42. The molecule has 1 atom stereocenters. The Bertz CT molecular complexity index is 1620. The first-order chi connectivity index (χ1) is 18.6. The highest BCUT2D eigenvalue weighted by Crippen LogP contribution is 2.33. The highest BCUT2D eigenvalue weighted by atomic mass is 127. The maximum Gasteiger partial charge on any atom is 0.344 e. The van der Waals surface area contributed by atoms with Gasteiger partial charge in [-0.05, 0) is 95.6 Å². The lowest BCUT2D eigenvalue weighted by molar-refractivity contribution is -0.145. The number of fused-ring (bicyclic) bond motifs is 1. The molecule has 2 aromatic carbocycles. The Balaban J connectivity index is 1.80. The molecule has 11 heteroatoms. The van der Waals surface area contributed by atoms with Gasteiger partial charge in [0.15, 0.2) is 11.4 Å². The normalized spacial score (nSPS) is 15.0. The van der Waals surface area contributed by atoms with Crippen molar-refractivity contribution in [3.05, 3.63) is 92.1 Å². The number of aromatic nitrogens is 1. The fraction of sp³-hybridized carbons (Fsp3) is 0.286. The van der Waals surface area contributed by atoms with Crippen LogP contribution in [0.15, 0.2) is 61.9 Å². The number of ether oxygens (including phenoxy) is 3. The minimum atomic E-state index is -0.659. The summed E-state index contributed by atoms with van der Waals surface area (Å²) in [4.78, 5) is 43.6. The summed E-state index contributed by atoms with van der Waals surface area (Å²) >= 11 is 6.88. The summed E-state index contributed by atoms with van der Waals surface area (Å²) in [6.07, 6.45) is 1.78. The molecule has 0 saturated carbocycles. The molecule has 2 heterocycles. The maximum absolute atomic E-state index is 13.8. The molecule has 0 spiro atoms. The minimum absolute atomic E-state index is 0.207. The number of benzene rings is 2. The van der Waals surface area contributed by atoms with Gasteiger partial charge in [-0.2, -0.15) is 0 Å². The van der Waals surface area contributed by atoms with Gasteiger partial charge in [0.05, 0.1) is 43.1 Å². The van der Waals surface area contributed by atoms with E-state index >= 15 is 0 Å². The number of hydrogen-bond donors (Lipinski definition) is 0. The van der Waals surface area contributed by atoms with E-state index in [0.29, 0.717) is 30.8 Å². The summed E-state index contributed by atoms with van der Waals surface area (Å²) in [5.41, 5.74) is 3.23. The lowest BCUT2D eigenvalue weighted by Crippen LogP contribution is -2.39. The van der Waals surface area contributed by atoms with E-state index in [0.717, 1.165) is 20.3 Å². The molecule has 1 aromatic heterocycles. The Kier molecular flexibility index (Phi) is 9.44. The van der Waals surface area contributed by atoms with Crippen LogP contribution in [-0.2, 0) is 19.1 Å². The molecular weight excluding hydrogens is 699 g/mol. The molecule has 0 aliphatic carbocycles. The molecule has 8 nitrogen and oxygen atoms in total. The molecule has 0 saturated heterocycles. The monoisotopic (exact) mass is 724 g/mol. The third-order valence-corrected chi connectivity index (χ3v) is 8.24. The number of halogens is 2. The Morgan fingerprint density at radius 3 is 2.46 bits per heavy atom. The van der Waals surface area contributed by atoms with Crippen LogP contribution in [-0.4, -0.2) is 36.3 Å². The standard InChI is InChI=1S/C28H26BrIN2O6S/c1-5-36-22(33)14-38-25-19(29)11-17(12-20(25)30)13-21-26(34)32-24(18-9-7-15(3)8-10-18)23(27(35)37-6-2)16(4)31-28(32)39-21/h7-13,24H,5-6,14H2,1-4H3/b21-13+/t24-/m0/s1. The third-order valence-electron chi connectivity index (χ3n) is 5.87. The van der Waals surface area contributed by atoms with Crippen molar-refractivity contribution in [2.75, 3.05) is 19.8 Å². The van der Waals surface area contributed by atoms with E-state index in [2.05, 4.69) is 43.5 Å². The van der Waals surface area contributed by atoms with Gasteiger partial charge in [-0.25, -0.2) is 14.6 Å². The summed E-state index contributed by atoms with van der Waals surface area (Å²) in [6.45, 7) is 7.51. The highest BCUT2D eigenvalue weighted by Gasteiger charge is 2.33. The molecule has 0 fully saturated rings. The Labute approximate surface area is 251 Å². The second-order valence-corrected chi connectivity index (χ2v) is 11.6. The van der Waals surface area contributed by atoms with Gasteiger partial charge < -0.3 is 14.2 Å². The number of rotatable bonds is 8. The molecule has 204 valence electrons. The minimum Gasteiger partial charge on any atom is -0.480 e. The SMILES string of the molecule is CCOC(=O)COc1c(Br)cc(/C=c2/sc3n(c2=O)[C@@H](c2ccc(C)cc2)C(C(=O)OCC)=C(C)N=3)cc1I. The molecule has 4 rings (SSSR count). The molecule has 0 bridgehead atoms. The quantitative estimate of drug-likeness (QED) is 0.252. The van der Waals surface area contributed by atoms with Crippen LogP contribution < -0.4 is 19.6 Å². The van der Waals surface area contributed by atoms with Crippen molar-refractivity contribution in [3.8, 4) is 5.75 Å². The van der Waals surface area contributed by atoms with Crippen LogP contribution in [0.1, 0.15) is 43.5 Å². The summed E-state index contributed by atoms with van der Waals surface area (Å²) in [5.74, 6) is -0.433. The van der Waals surface area contributed by atoms with E-state index in [1.54, 1.807) is 31.4 Å². The maximum atomic E-state index is 13.8. The summed E-state index contributed by atoms with van der Waals surface area (Å²) in [6, 6.07) is 10.8. The molecule has 0 amide bonds. The van der Waals surface area contributed by atoms with Crippen molar-refractivity contribution >= 4 is 67.9 Å². The van der Waals surface area contributed by atoms with Gasteiger partial charge in [0.2, 0.25) is 0 Å². The molecule has 39 heavy (non-hydrogen) atoms. The number of carbonyl (C=O) groups excluding carboxylic acids is 2. The zero-order valence-corrected chi connectivity index (χ0v) is 26.3. The van der Waals surface area contributed by atoms with Crippen LogP contribution in [0.25, 0.3) is 6.08 Å². The zero-order chi connectivity index (χ0) is 28.3. The van der Waals surface area contributed by atoms with Gasteiger partial charge in [-0.15, -0.1) is 0 Å². The first kappa shape index (κ1) is 29.2. The fourth-order valence-electron chi connectivity index (χ4n) is 4.14. The van der Waals surface area contributed by atoms with Crippen molar-refractivity contribution in [2.45, 2.75) is 33.7 Å². The van der Waals surface area contributed by atoms with Crippen molar-refractivity contribution in [3.63, 3.8) is 0 Å². The number of thiazole rings is 1. The van der Waals surface area contributed by atoms with E-state index in [1.165, 1.54) is 11.3 Å². The number of carbonyl (C=O) groups is 2. The lowest BCUT2D eigenvalue weighted by Gasteiger charge is -2.24. The van der Waals surface area contributed by atoms with Crippen LogP contribution in [0.5, 0.6) is 5.75 Å². The van der Waals surface area contributed by atoms with Gasteiger partial charge in [0.25, 0.3) is 5.56 Å². The first-order valence-electron chi connectivity index (χ1n) is 12.2. The summed E-state index contributed by atoms with van der Waals surface area (Å²) in [7, 11) is 0. The number of esters is 2. The van der Waals surface area contributed by atoms with Crippen molar-refractivity contribution in [2.24, 2.45) is 4.99 Å². The average Bonchev–Trinajstić information content (AvgIpc) is 3.17. The zero-order valence-electron chi connectivity index (χ0n) is 21.7. The van der Waals surface area contributed by atoms with E-state index in [4.69, 9.17) is 14.2 Å². The van der Waals surface area contributed by atoms with Gasteiger partial charge in [0, 0.05) is 0 Å². The topological polar surface area (TPSA) is 96.2 Å². The van der Waals surface area contributed by atoms with Crippen LogP contribution in [0.3, 0.4) is 0 Å². The molecule has 0 N–H and O–H groups in total. The third kappa shape index (κ3) is 6.36. The summed E-state index contributed by atoms with van der Waals surface area (Å²) < 4.78 is 19.3. The van der Waals surface area contributed by atoms with E-state index in [9.17, 15) is 14.4 Å². The average molecular weight is 725 g/mol. The number of nitrogens with zero attached hydrogens (tertiary/aromatic N) is 2. The number of aryl methyl sites for hydroxylation is 1. The molecular formula is C28H26BrIN2O6S. The second-order valence-electron chi connectivity index (χ2n) is 8.62.